The lowest BCUT2D eigenvalue weighted by Crippen LogP contribution is -2.57. The third-order valence-electron chi connectivity index (χ3n) is 3.69. The maximum Gasteiger partial charge on any atom is 0.253 e. The van der Waals surface area contributed by atoms with Gasteiger partial charge >= 0.3 is 0 Å². The first-order valence-corrected chi connectivity index (χ1v) is 7.41. The van der Waals surface area contributed by atoms with E-state index in [1.807, 2.05) is 13.0 Å². The summed E-state index contributed by atoms with van der Waals surface area (Å²) < 4.78 is 7.10. The second kappa shape index (κ2) is 6.20. The van der Waals surface area contributed by atoms with Crippen molar-refractivity contribution in [1.82, 2.24) is 19.4 Å². The Balaban J connectivity index is 1.52. The molecule has 0 spiro atoms. The van der Waals surface area contributed by atoms with Crippen molar-refractivity contribution in [3.05, 3.63) is 52.5 Å². The Morgan fingerprint density at radius 3 is 2.70 bits per heavy atom. The molecule has 1 saturated heterocycles. The predicted octanol–water partition coefficient (Wildman–Crippen LogP) is 0.545. The summed E-state index contributed by atoms with van der Waals surface area (Å²) in [6.45, 7) is 4.69. The molecule has 3 rings (SSSR count). The fraction of sp³-hybridized carbons (Fsp3) is 0.375. The van der Waals surface area contributed by atoms with E-state index in [1.54, 1.807) is 24.1 Å². The highest BCUT2D eigenvalue weighted by atomic mass is 16.5. The minimum absolute atomic E-state index is 0.00714. The normalized spacial score (nSPS) is 14.4. The van der Waals surface area contributed by atoms with Crippen LogP contribution in [0.2, 0.25) is 0 Å². The minimum Gasteiger partial charge on any atom is -0.487 e. The first-order chi connectivity index (χ1) is 11.0. The highest BCUT2D eigenvalue weighted by Gasteiger charge is 2.32. The van der Waals surface area contributed by atoms with Crippen molar-refractivity contribution in [2.24, 2.45) is 0 Å². The van der Waals surface area contributed by atoms with Crippen LogP contribution < -0.4 is 10.3 Å². The number of carbonyl (C=O) groups excluding carboxylic acids is 1. The SMILES string of the molecule is Cc1cc(OC2CN(C(=O)Cn3cnc(C)cc3=O)C2)ccn1. The van der Waals surface area contributed by atoms with Gasteiger partial charge in [0, 0.05) is 29.7 Å². The number of hydrogen-bond acceptors (Lipinski definition) is 5. The quantitative estimate of drug-likeness (QED) is 0.823. The van der Waals surface area contributed by atoms with Gasteiger partial charge < -0.3 is 9.64 Å². The van der Waals surface area contributed by atoms with Crippen LogP contribution in [0.4, 0.5) is 0 Å². The third kappa shape index (κ3) is 3.56. The van der Waals surface area contributed by atoms with Crippen LogP contribution in [-0.2, 0) is 11.3 Å². The molecular weight excluding hydrogens is 296 g/mol. The first kappa shape index (κ1) is 15.2. The highest BCUT2D eigenvalue weighted by molar-refractivity contribution is 5.77. The number of ether oxygens (including phenoxy) is 1. The van der Waals surface area contributed by atoms with Gasteiger partial charge in [0.2, 0.25) is 5.91 Å². The van der Waals surface area contributed by atoms with Gasteiger partial charge in [-0.2, -0.15) is 0 Å². The number of hydrogen-bond donors (Lipinski definition) is 0. The number of likely N-dealkylation sites (tertiary alicyclic amines) is 1. The molecule has 7 nitrogen and oxygen atoms in total. The number of carbonyl (C=O) groups is 1. The van der Waals surface area contributed by atoms with E-state index in [0.29, 0.717) is 18.8 Å². The molecule has 0 radical (unpaired) electrons. The summed E-state index contributed by atoms with van der Waals surface area (Å²) in [6, 6.07) is 5.08. The first-order valence-electron chi connectivity index (χ1n) is 7.41. The van der Waals surface area contributed by atoms with E-state index >= 15 is 0 Å². The molecule has 1 aliphatic heterocycles. The van der Waals surface area contributed by atoms with E-state index in [4.69, 9.17) is 4.74 Å². The van der Waals surface area contributed by atoms with Crippen molar-refractivity contribution in [3.63, 3.8) is 0 Å². The van der Waals surface area contributed by atoms with Gasteiger partial charge in [-0.3, -0.25) is 19.1 Å². The molecule has 0 aromatic carbocycles. The molecule has 0 bridgehead atoms. The Kier molecular flexibility index (Phi) is 4.10. The number of aromatic nitrogens is 3. The molecule has 1 amide bonds. The van der Waals surface area contributed by atoms with Crippen LogP contribution in [0.25, 0.3) is 0 Å². The number of pyridine rings is 1. The van der Waals surface area contributed by atoms with Gasteiger partial charge in [0.15, 0.2) is 0 Å². The average Bonchev–Trinajstić information content (AvgIpc) is 2.45. The zero-order valence-electron chi connectivity index (χ0n) is 13.1. The smallest absolute Gasteiger partial charge is 0.253 e. The Labute approximate surface area is 133 Å². The van der Waals surface area contributed by atoms with Crippen molar-refractivity contribution in [2.45, 2.75) is 26.5 Å². The van der Waals surface area contributed by atoms with E-state index in [0.717, 1.165) is 11.4 Å². The van der Waals surface area contributed by atoms with Crippen LogP contribution in [-0.4, -0.2) is 44.5 Å². The number of nitrogens with zero attached hydrogens (tertiary/aromatic N) is 4. The lowest BCUT2D eigenvalue weighted by molar-refractivity contribution is -0.140. The molecule has 120 valence electrons. The van der Waals surface area contributed by atoms with Gasteiger partial charge in [0.1, 0.15) is 18.4 Å². The van der Waals surface area contributed by atoms with Crippen LogP contribution in [0, 0.1) is 13.8 Å². The molecule has 0 N–H and O–H groups in total. The molecule has 0 atom stereocenters. The minimum atomic E-state index is -0.216. The molecule has 1 fully saturated rings. The Morgan fingerprint density at radius 1 is 1.26 bits per heavy atom. The molecule has 0 saturated carbocycles. The monoisotopic (exact) mass is 314 g/mol. The Morgan fingerprint density at radius 2 is 2.00 bits per heavy atom. The maximum atomic E-state index is 12.2. The predicted molar refractivity (Wildman–Crippen MR) is 83.2 cm³/mol. The fourth-order valence-corrected chi connectivity index (χ4v) is 2.38. The van der Waals surface area contributed by atoms with E-state index in [2.05, 4.69) is 9.97 Å². The van der Waals surface area contributed by atoms with Crippen LogP contribution in [0.15, 0.2) is 35.5 Å². The maximum absolute atomic E-state index is 12.2. The van der Waals surface area contributed by atoms with Crippen LogP contribution in [0.1, 0.15) is 11.4 Å². The zero-order chi connectivity index (χ0) is 16.4. The summed E-state index contributed by atoms with van der Waals surface area (Å²) in [5.74, 6) is 0.650. The van der Waals surface area contributed by atoms with Crippen LogP contribution in [0.5, 0.6) is 5.75 Å². The average molecular weight is 314 g/mol. The van der Waals surface area contributed by atoms with Crippen molar-refractivity contribution in [3.8, 4) is 5.75 Å². The van der Waals surface area contributed by atoms with Crippen molar-refractivity contribution in [2.75, 3.05) is 13.1 Å². The van der Waals surface area contributed by atoms with E-state index in [1.165, 1.54) is 17.0 Å². The van der Waals surface area contributed by atoms with E-state index in [9.17, 15) is 9.59 Å². The van der Waals surface area contributed by atoms with E-state index in [-0.39, 0.29) is 24.1 Å². The lowest BCUT2D eigenvalue weighted by Gasteiger charge is -2.39. The number of amides is 1. The molecule has 0 unspecified atom stereocenters. The van der Waals surface area contributed by atoms with E-state index < -0.39 is 0 Å². The van der Waals surface area contributed by atoms with Crippen LogP contribution in [0.3, 0.4) is 0 Å². The number of aryl methyl sites for hydroxylation is 2. The van der Waals surface area contributed by atoms with Gasteiger partial charge in [-0.05, 0) is 19.9 Å². The molecule has 7 heteroatoms. The molecule has 1 aliphatic rings. The number of rotatable bonds is 4. The Hall–Kier alpha value is -2.70. The van der Waals surface area contributed by atoms with Gasteiger partial charge in [-0.25, -0.2) is 4.98 Å². The van der Waals surface area contributed by atoms with Gasteiger partial charge in [0.25, 0.3) is 5.56 Å². The topological polar surface area (TPSA) is 77.3 Å². The second-order valence-corrected chi connectivity index (χ2v) is 5.67. The molecule has 23 heavy (non-hydrogen) atoms. The van der Waals surface area contributed by atoms with Crippen molar-refractivity contribution in [1.29, 1.82) is 0 Å². The Bertz CT molecular complexity index is 781. The van der Waals surface area contributed by atoms with Gasteiger partial charge in [-0.15, -0.1) is 0 Å². The molecule has 3 heterocycles. The standard InChI is InChI=1S/C16H18N4O3/c1-11-5-13(3-4-17-11)23-14-7-19(8-14)16(22)9-20-10-18-12(2)6-15(20)21/h3-6,10,14H,7-9H2,1-2H3. The second-order valence-electron chi connectivity index (χ2n) is 5.67. The molecular formula is C16H18N4O3. The largest absolute Gasteiger partial charge is 0.487 e. The molecule has 2 aromatic heterocycles. The van der Waals surface area contributed by atoms with Crippen molar-refractivity contribution < 1.29 is 9.53 Å². The van der Waals surface area contributed by atoms with Gasteiger partial charge in [-0.1, -0.05) is 0 Å². The summed E-state index contributed by atoms with van der Waals surface area (Å²) >= 11 is 0. The summed E-state index contributed by atoms with van der Waals surface area (Å²) in [6.07, 6.45) is 3.08. The molecule has 2 aromatic rings. The van der Waals surface area contributed by atoms with Crippen LogP contribution >= 0.6 is 0 Å². The summed E-state index contributed by atoms with van der Waals surface area (Å²) in [7, 11) is 0. The van der Waals surface area contributed by atoms with Gasteiger partial charge in [0.05, 0.1) is 19.4 Å². The lowest BCUT2D eigenvalue weighted by atomic mass is 10.1. The third-order valence-corrected chi connectivity index (χ3v) is 3.69. The summed E-state index contributed by atoms with van der Waals surface area (Å²) in [4.78, 5) is 33.7. The van der Waals surface area contributed by atoms with Crippen molar-refractivity contribution >= 4 is 5.91 Å². The highest BCUT2D eigenvalue weighted by Crippen LogP contribution is 2.18. The summed E-state index contributed by atoms with van der Waals surface area (Å²) in [5, 5.41) is 0. The molecule has 0 aliphatic carbocycles. The summed E-state index contributed by atoms with van der Waals surface area (Å²) in [5.41, 5.74) is 1.32. The fourth-order valence-electron chi connectivity index (χ4n) is 2.38. The zero-order valence-corrected chi connectivity index (χ0v) is 13.1.